The fourth-order valence-corrected chi connectivity index (χ4v) is 2.97. The average molecular weight is 288 g/mol. The standard InChI is InChI=1S/C18H28N2O/c1-18(2,3)14-7-5-13(6-8-14)17(21)20(4)16-11-9-15(19)10-12-16/h5-8,15-16H,9-12,19H2,1-4H3. The third-order valence-corrected chi connectivity index (χ3v) is 4.61. The van der Waals surface area contributed by atoms with Gasteiger partial charge in [-0.25, -0.2) is 0 Å². The van der Waals surface area contributed by atoms with Crippen LogP contribution in [0.2, 0.25) is 0 Å². The van der Waals surface area contributed by atoms with Crippen molar-refractivity contribution in [1.82, 2.24) is 4.90 Å². The molecule has 1 aromatic carbocycles. The van der Waals surface area contributed by atoms with Gasteiger partial charge in [0.2, 0.25) is 0 Å². The lowest BCUT2D eigenvalue weighted by Gasteiger charge is -2.33. The Balaban J connectivity index is 2.05. The molecule has 0 saturated heterocycles. The number of nitrogens with two attached hydrogens (primary N) is 1. The van der Waals surface area contributed by atoms with Crippen LogP contribution in [0.5, 0.6) is 0 Å². The quantitative estimate of drug-likeness (QED) is 0.907. The topological polar surface area (TPSA) is 46.3 Å². The average Bonchev–Trinajstić information content (AvgIpc) is 2.46. The van der Waals surface area contributed by atoms with E-state index in [0.29, 0.717) is 12.1 Å². The van der Waals surface area contributed by atoms with Crippen molar-refractivity contribution < 1.29 is 4.79 Å². The molecule has 21 heavy (non-hydrogen) atoms. The van der Waals surface area contributed by atoms with Crippen molar-refractivity contribution >= 4 is 5.91 Å². The first-order valence-electron chi connectivity index (χ1n) is 7.92. The van der Waals surface area contributed by atoms with Crippen LogP contribution in [-0.2, 0) is 5.41 Å². The molecule has 1 saturated carbocycles. The van der Waals surface area contributed by atoms with E-state index in [4.69, 9.17) is 5.73 Å². The summed E-state index contributed by atoms with van der Waals surface area (Å²) in [4.78, 5) is 14.5. The van der Waals surface area contributed by atoms with Crippen LogP contribution >= 0.6 is 0 Å². The molecule has 2 rings (SSSR count). The Morgan fingerprint density at radius 3 is 2.10 bits per heavy atom. The molecule has 1 amide bonds. The lowest BCUT2D eigenvalue weighted by Crippen LogP contribution is -2.41. The Kier molecular flexibility index (Phi) is 4.72. The highest BCUT2D eigenvalue weighted by molar-refractivity contribution is 5.94. The number of benzene rings is 1. The monoisotopic (exact) mass is 288 g/mol. The van der Waals surface area contributed by atoms with E-state index in [-0.39, 0.29) is 11.3 Å². The van der Waals surface area contributed by atoms with E-state index in [1.54, 1.807) is 0 Å². The van der Waals surface area contributed by atoms with Crippen LogP contribution in [0.25, 0.3) is 0 Å². The van der Waals surface area contributed by atoms with Crippen molar-refractivity contribution in [3.05, 3.63) is 35.4 Å². The summed E-state index contributed by atoms with van der Waals surface area (Å²) in [6.45, 7) is 6.55. The molecular formula is C18H28N2O. The minimum absolute atomic E-state index is 0.118. The van der Waals surface area contributed by atoms with Crippen LogP contribution in [0.4, 0.5) is 0 Å². The molecule has 1 fully saturated rings. The predicted octanol–water partition coefficient (Wildman–Crippen LogP) is 3.33. The van der Waals surface area contributed by atoms with Crippen LogP contribution in [0.1, 0.15) is 62.4 Å². The zero-order chi connectivity index (χ0) is 15.6. The molecule has 0 heterocycles. The van der Waals surface area contributed by atoms with E-state index in [1.807, 2.05) is 24.1 Å². The summed E-state index contributed by atoms with van der Waals surface area (Å²) in [5, 5.41) is 0. The summed E-state index contributed by atoms with van der Waals surface area (Å²) in [5.41, 5.74) is 8.09. The Morgan fingerprint density at radius 1 is 1.10 bits per heavy atom. The van der Waals surface area contributed by atoms with Crippen molar-refractivity contribution in [2.45, 2.75) is 64.0 Å². The summed E-state index contributed by atoms with van der Waals surface area (Å²) in [7, 11) is 1.92. The van der Waals surface area contributed by atoms with Gasteiger partial charge in [0.1, 0.15) is 0 Å². The Labute approximate surface area is 128 Å². The van der Waals surface area contributed by atoms with Crippen LogP contribution < -0.4 is 5.73 Å². The number of nitrogens with zero attached hydrogens (tertiary/aromatic N) is 1. The van der Waals surface area contributed by atoms with Crippen LogP contribution in [-0.4, -0.2) is 29.9 Å². The first-order chi connectivity index (χ1) is 9.79. The summed E-state index contributed by atoms with van der Waals surface area (Å²) in [6, 6.07) is 8.69. The zero-order valence-electron chi connectivity index (χ0n) is 13.7. The van der Waals surface area contributed by atoms with E-state index in [1.165, 1.54) is 5.56 Å². The molecule has 116 valence electrons. The van der Waals surface area contributed by atoms with Gasteiger partial charge in [0.25, 0.3) is 5.91 Å². The summed E-state index contributed by atoms with van der Waals surface area (Å²) < 4.78 is 0. The van der Waals surface area contributed by atoms with Gasteiger partial charge in [0.05, 0.1) is 0 Å². The second kappa shape index (κ2) is 6.18. The van der Waals surface area contributed by atoms with Gasteiger partial charge in [-0.3, -0.25) is 4.79 Å². The van der Waals surface area contributed by atoms with Gasteiger partial charge in [-0.2, -0.15) is 0 Å². The van der Waals surface area contributed by atoms with E-state index in [0.717, 1.165) is 31.2 Å². The molecule has 0 aliphatic heterocycles. The molecule has 3 heteroatoms. The molecule has 0 unspecified atom stereocenters. The van der Waals surface area contributed by atoms with Gasteiger partial charge in [0.15, 0.2) is 0 Å². The SMILES string of the molecule is CN(C(=O)c1ccc(C(C)(C)C)cc1)C1CCC(N)CC1. The summed E-state index contributed by atoms with van der Waals surface area (Å²) >= 11 is 0. The van der Waals surface area contributed by atoms with Crippen molar-refractivity contribution in [2.75, 3.05) is 7.05 Å². The highest BCUT2D eigenvalue weighted by atomic mass is 16.2. The highest BCUT2D eigenvalue weighted by Gasteiger charge is 2.25. The van der Waals surface area contributed by atoms with Gasteiger partial charge in [0, 0.05) is 24.7 Å². The second-order valence-electron chi connectivity index (χ2n) is 7.31. The van der Waals surface area contributed by atoms with E-state index in [2.05, 4.69) is 32.9 Å². The summed E-state index contributed by atoms with van der Waals surface area (Å²) in [6.07, 6.45) is 4.07. The maximum absolute atomic E-state index is 12.6. The number of carbonyl (C=O) groups is 1. The second-order valence-corrected chi connectivity index (χ2v) is 7.31. The molecule has 2 N–H and O–H groups in total. The first-order valence-corrected chi connectivity index (χ1v) is 7.92. The Morgan fingerprint density at radius 2 is 1.62 bits per heavy atom. The fraction of sp³-hybridized carbons (Fsp3) is 0.611. The largest absolute Gasteiger partial charge is 0.339 e. The van der Waals surface area contributed by atoms with Gasteiger partial charge in [-0.05, 0) is 48.8 Å². The summed E-state index contributed by atoms with van der Waals surface area (Å²) in [5.74, 6) is 0.121. The zero-order valence-corrected chi connectivity index (χ0v) is 13.7. The molecule has 0 aromatic heterocycles. The first kappa shape index (κ1) is 16.0. The number of hydrogen-bond acceptors (Lipinski definition) is 2. The van der Waals surface area contributed by atoms with Gasteiger partial charge < -0.3 is 10.6 Å². The third kappa shape index (κ3) is 3.85. The van der Waals surface area contributed by atoms with E-state index >= 15 is 0 Å². The van der Waals surface area contributed by atoms with Gasteiger partial charge in [-0.15, -0.1) is 0 Å². The maximum Gasteiger partial charge on any atom is 0.253 e. The van der Waals surface area contributed by atoms with E-state index < -0.39 is 0 Å². The molecule has 1 aliphatic rings. The lowest BCUT2D eigenvalue weighted by atomic mass is 9.86. The predicted molar refractivity (Wildman–Crippen MR) is 87.5 cm³/mol. The molecule has 0 bridgehead atoms. The van der Waals surface area contributed by atoms with Crippen LogP contribution in [0.3, 0.4) is 0 Å². The minimum atomic E-state index is 0.118. The molecular weight excluding hydrogens is 260 g/mol. The van der Waals surface area contributed by atoms with Gasteiger partial charge in [-0.1, -0.05) is 32.9 Å². The highest BCUT2D eigenvalue weighted by Crippen LogP contribution is 2.25. The number of carbonyl (C=O) groups excluding carboxylic acids is 1. The molecule has 0 spiro atoms. The van der Waals surface area contributed by atoms with Crippen molar-refractivity contribution in [3.8, 4) is 0 Å². The number of rotatable bonds is 2. The lowest BCUT2D eigenvalue weighted by molar-refractivity contribution is 0.0690. The number of hydrogen-bond donors (Lipinski definition) is 1. The molecule has 1 aliphatic carbocycles. The molecule has 3 nitrogen and oxygen atoms in total. The van der Waals surface area contributed by atoms with Crippen molar-refractivity contribution in [3.63, 3.8) is 0 Å². The third-order valence-electron chi connectivity index (χ3n) is 4.61. The Bertz CT molecular complexity index is 479. The minimum Gasteiger partial charge on any atom is -0.339 e. The molecule has 0 radical (unpaired) electrons. The Hall–Kier alpha value is -1.35. The van der Waals surface area contributed by atoms with Crippen LogP contribution in [0, 0.1) is 0 Å². The number of amides is 1. The molecule has 0 atom stereocenters. The van der Waals surface area contributed by atoms with Crippen molar-refractivity contribution in [1.29, 1.82) is 0 Å². The van der Waals surface area contributed by atoms with Gasteiger partial charge >= 0.3 is 0 Å². The maximum atomic E-state index is 12.6. The van der Waals surface area contributed by atoms with Crippen molar-refractivity contribution in [2.24, 2.45) is 5.73 Å². The smallest absolute Gasteiger partial charge is 0.253 e. The van der Waals surface area contributed by atoms with E-state index in [9.17, 15) is 4.79 Å². The van der Waals surface area contributed by atoms with Crippen LogP contribution in [0.15, 0.2) is 24.3 Å². The normalized spacial score (nSPS) is 22.9. The fourth-order valence-electron chi connectivity index (χ4n) is 2.97. The molecule has 1 aromatic rings.